The second kappa shape index (κ2) is 5.25. The average molecular weight is 298 g/mol. The first kappa shape index (κ1) is 13.5. The van der Waals surface area contributed by atoms with Crippen LogP contribution in [0.4, 0.5) is 0 Å². The first-order valence-electron chi connectivity index (χ1n) is 7.73. The number of rotatable bonds is 3. The van der Waals surface area contributed by atoms with Gasteiger partial charge < -0.3 is 14.5 Å². The molecule has 5 heteroatoms. The van der Waals surface area contributed by atoms with Crippen molar-refractivity contribution in [1.29, 1.82) is 0 Å². The second-order valence-electron chi connectivity index (χ2n) is 6.25. The zero-order valence-corrected chi connectivity index (χ0v) is 12.2. The molecule has 0 aliphatic carbocycles. The van der Waals surface area contributed by atoms with Gasteiger partial charge in [-0.1, -0.05) is 29.4 Å². The van der Waals surface area contributed by atoms with E-state index in [0.717, 1.165) is 18.0 Å². The van der Waals surface area contributed by atoms with Crippen LogP contribution in [0.25, 0.3) is 11.3 Å². The zero-order chi connectivity index (χ0) is 15.1. The molecule has 5 rings (SSSR count). The molecule has 0 saturated carbocycles. The molecule has 1 unspecified atom stereocenters. The van der Waals surface area contributed by atoms with Gasteiger partial charge in [-0.2, -0.15) is 0 Å². The summed E-state index contributed by atoms with van der Waals surface area (Å²) in [6, 6.07) is 9.78. The maximum atomic E-state index is 10.8. The van der Waals surface area contributed by atoms with E-state index in [-0.39, 0.29) is 5.76 Å². The number of nitrogens with zero attached hydrogens (tertiary/aromatic N) is 2. The van der Waals surface area contributed by atoms with E-state index in [4.69, 9.17) is 9.63 Å². The van der Waals surface area contributed by atoms with E-state index in [1.807, 2.05) is 12.1 Å². The lowest BCUT2D eigenvalue weighted by atomic mass is 9.75. The van der Waals surface area contributed by atoms with Crippen molar-refractivity contribution in [2.24, 2.45) is 5.92 Å². The van der Waals surface area contributed by atoms with E-state index >= 15 is 0 Å². The molecular weight excluding hydrogens is 280 g/mol. The quantitative estimate of drug-likeness (QED) is 0.943. The number of benzene rings is 1. The fourth-order valence-corrected chi connectivity index (χ4v) is 3.76. The van der Waals surface area contributed by atoms with Crippen LogP contribution in [-0.4, -0.2) is 40.8 Å². The Morgan fingerprint density at radius 1 is 1.23 bits per heavy atom. The summed E-state index contributed by atoms with van der Waals surface area (Å²) in [6.07, 6.45) is 2.61. The van der Waals surface area contributed by atoms with Crippen LogP contribution < -0.4 is 0 Å². The van der Waals surface area contributed by atoms with Gasteiger partial charge in [0.05, 0.1) is 0 Å². The van der Waals surface area contributed by atoms with Crippen molar-refractivity contribution < 1.29 is 14.4 Å². The monoisotopic (exact) mass is 298 g/mol. The molecule has 3 fully saturated rings. The Morgan fingerprint density at radius 2 is 1.95 bits per heavy atom. The average Bonchev–Trinajstić information content (AvgIpc) is 3.06. The molecule has 22 heavy (non-hydrogen) atoms. The summed E-state index contributed by atoms with van der Waals surface area (Å²) in [5.41, 5.74) is 2.83. The molecule has 1 atom stereocenters. The third-order valence-electron chi connectivity index (χ3n) is 5.01. The van der Waals surface area contributed by atoms with Gasteiger partial charge in [0.2, 0.25) is 5.76 Å². The minimum atomic E-state index is -1.09. The Morgan fingerprint density at radius 3 is 2.50 bits per heavy atom. The number of carbonyl (C=O) groups is 1. The van der Waals surface area contributed by atoms with Crippen molar-refractivity contribution in [3.8, 4) is 11.3 Å². The summed E-state index contributed by atoms with van der Waals surface area (Å²) < 4.78 is 4.81. The number of fused-ring (bicyclic) bond motifs is 3. The summed E-state index contributed by atoms with van der Waals surface area (Å²) in [5.74, 6) is 0.212. The molecule has 114 valence electrons. The summed E-state index contributed by atoms with van der Waals surface area (Å²) in [5, 5.41) is 12.7. The van der Waals surface area contributed by atoms with Gasteiger partial charge in [0.25, 0.3) is 0 Å². The summed E-state index contributed by atoms with van der Waals surface area (Å²) in [6.45, 7) is 3.66. The number of carboxylic acid groups (broad SMARTS) is 1. The number of piperidine rings is 3. The predicted octanol–water partition coefficient (Wildman–Crippen LogP) is 2.85. The molecule has 1 aromatic heterocycles. The summed E-state index contributed by atoms with van der Waals surface area (Å²) in [7, 11) is 0. The molecule has 4 heterocycles. The topological polar surface area (TPSA) is 66.6 Å². The molecule has 1 N–H and O–H groups in total. The van der Waals surface area contributed by atoms with Crippen LogP contribution in [0.3, 0.4) is 0 Å². The molecule has 3 aliphatic rings. The van der Waals surface area contributed by atoms with Gasteiger partial charge in [0.1, 0.15) is 5.69 Å². The van der Waals surface area contributed by atoms with Crippen molar-refractivity contribution in [2.45, 2.75) is 18.8 Å². The van der Waals surface area contributed by atoms with Gasteiger partial charge in [-0.05, 0) is 43.3 Å². The molecule has 0 amide bonds. The number of carboxylic acids is 1. The number of hydrogen-bond donors (Lipinski definition) is 1. The molecule has 2 bridgehead atoms. The Kier molecular flexibility index (Phi) is 3.22. The van der Waals surface area contributed by atoms with Crippen molar-refractivity contribution >= 4 is 5.97 Å². The largest absolute Gasteiger partial charge is 0.475 e. The zero-order valence-electron chi connectivity index (χ0n) is 12.2. The van der Waals surface area contributed by atoms with Crippen molar-refractivity contribution in [1.82, 2.24) is 10.1 Å². The van der Waals surface area contributed by atoms with Crippen LogP contribution >= 0.6 is 0 Å². The summed E-state index contributed by atoms with van der Waals surface area (Å²) >= 11 is 0. The van der Waals surface area contributed by atoms with Crippen molar-refractivity contribution in [3.05, 3.63) is 41.7 Å². The molecule has 0 spiro atoms. The SMILES string of the molecule is O=C(O)c1cc(-c2ccc(C3CN4CCC3CC4)cc2)no1. The van der Waals surface area contributed by atoms with Gasteiger partial charge >= 0.3 is 5.97 Å². The highest BCUT2D eigenvalue weighted by molar-refractivity contribution is 5.85. The van der Waals surface area contributed by atoms with E-state index in [1.165, 1.54) is 37.6 Å². The van der Waals surface area contributed by atoms with E-state index in [9.17, 15) is 4.79 Å². The van der Waals surface area contributed by atoms with Crippen LogP contribution in [0.2, 0.25) is 0 Å². The molecule has 3 aliphatic heterocycles. The van der Waals surface area contributed by atoms with Crippen LogP contribution in [0.1, 0.15) is 34.9 Å². The lowest BCUT2D eigenvalue weighted by molar-refractivity contribution is 0.0652. The minimum absolute atomic E-state index is 0.128. The van der Waals surface area contributed by atoms with E-state index < -0.39 is 5.97 Å². The van der Waals surface area contributed by atoms with Gasteiger partial charge in [-0.15, -0.1) is 0 Å². The van der Waals surface area contributed by atoms with Crippen LogP contribution in [0.5, 0.6) is 0 Å². The minimum Gasteiger partial charge on any atom is -0.475 e. The predicted molar refractivity (Wildman–Crippen MR) is 80.8 cm³/mol. The first-order valence-corrected chi connectivity index (χ1v) is 7.73. The molecule has 1 aromatic carbocycles. The number of hydrogen-bond acceptors (Lipinski definition) is 4. The highest BCUT2D eigenvalue weighted by atomic mass is 16.5. The Labute approximate surface area is 128 Å². The van der Waals surface area contributed by atoms with E-state index in [2.05, 4.69) is 22.2 Å². The number of aromatic carboxylic acids is 1. The molecule has 3 saturated heterocycles. The standard InChI is InChI=1S/C17H18N2O3/c20-17(21)16-9-15(18-22-16)13-3-1-11(2-4-13)14-10-19-7-5-12(14)6-8-19/h1-4,9,12,14H,5-8,10H2,(H,20,21). The maximum absolute atomic E-state index is 10.8. The molecule has 5 nitrogen and oxygen atoms in total. The second-order valence-corrected chi connectivity index (χ2v) is 6.25. The highest BCUT2D eigenvalue weighted by Crippen LogP contribution is 2.39. The molecular formula is C17H18N2O3. The first-order chi connectivity index (χ1) is 10.7. The van der Waals surface area contributed by atoms with Crippen molar-refractivity contribution in [2.75, 3.05) is 19.6 Å². The maximum Gasteiger partial charge on any atom is 0.374 e. The Balaban J connectivity index is 1.56. The smallest absolute Gasteiger partial charge is 0.374 e. The van der Waals surface area contributed by atoms with Crippen LogP contribution in [0.15, 0.2) is 34.9 Å². The van der Waals surface area contributed by atoms with E-state index in [0.29, 0.717) is 11.6 Å². The normalized spacial score (nSPS) is 27.0. The van der Waals surface area contributed by atoms with Gasteiger partial charge in [-0.3, -0.25) is 0 Å². The molecule has 0 radical (unpaired) electrons. The fourth-order valence-electron chi connectivity index (χ4n) is 3.76. The fraction of sp³-hybridized carbons (Fsp3) is 0.412. The van der Waals surface area contributed by atoms with E-state index in [1.54, 1.807) is 0 Å². The lowest BCUT2D eigenvalue weighted by Gasteiger charge is -2.45. The van der Waals surface area contributed by atoms with Crippen LogP contribution in [0, 0.1) is 5.92 Å². The lowest BCUT2D eigenvalue weighted by Crippen LogP contribution is -2.46. The Hall–Kier alpha value is -2.14. The van der Waals surface area contributed by atoms with Crippen LogP contribution in [-0.2, 0) is 0 Å². The van der Waals surface area contributed by atoms with Crippen molar-refractivity contribution in [3.63, 3.8) is 0 Å². The highest BCUT2D eigenvalue weighted by Gasteiger charge is 2.34. The summed E-state index contributed by atoms with van der Waals surface area (Å²) in [4.78, 5) is 13.4. The van der Waals surface area contributed by atoms with Gasteiger partial charge in [0, 0.05) is 18.2 Å². The molecule has 2 aromatic rings. The van der Waals surface area contributed by atoms with Gasteiger partial charge in [-0.25, -0.2) is 4.79 Å². The third kappa shape index (κ3) is 2.31. The Bertz CT molecular complexity index is 684. The number of aromatic nitrogens is 1. The van der Waals surface area contributed by atoms with Gasteiger partial charge in [0.15, 0.2) is 0 Å². The third-order valence-corrected chi connectivity index (χ3v) is 5.01.